The van der Waals surface area contributed by atoms with Gasteiger partial charge in [0.05, 0.1) is 11.4 Å². The van der Waals surface area contributed by atoms with Crippen LogP contribution in [-0.2, 0) is 6.61 Å². The molecule has 2 aromatic carbocycles. The molecule has 0 unspecified atom stereocenters. The highest BCUT2D eigenvalue weighted by Gasteiger charge is 2.07. The molecule has 0 N–H and O–H groups in total. The van der Waals surface area contributed by atoms with Gasteiger partial charge in [-0.25, -0.2) is 8.78 Å². The van der Waals surface area contributed by atoms with Crippen LogP contribution in [0.1, 0.15) is 16.7 Å². The predicted octanol–water partition coefficient (Wildman–Crippen LogP) is 4.44. The lowest BCUT2D eigenvalue weighted by molar-refractivity contribution is 0.298. The third-order valence-corrected chi connectivity index (χ3v) is 2.95. The van der Waals surface area contributed by atoms with Gasteiger partial charge in [0.2, 0.25) is 0 Å². The average Bonchev–Trinajstić information content (AvgIpc) is 2.47. The fourth-order valence-electron chi connectivity index (χ4n) is 1.81. The van der Waals surface area contributed by atoms with Crippen molar-refractivity contribution in [1.82, 2.24) is 0 Å². The van der Waals surface area contributed by atoms with Crippen molar-refractivity contribution >= 4 is 11.6 Å². The maximum absolute atomic E-state index is 13.5. The highest BCUT2D eigenvalue weighted by atomic mass is 35.5. The van der Waals surface area contributed by atoms with Crippen LogP contribution in [0.15, 0.2) is 36.4 Å². The second-order valence-electron chi connectivity index (χ2n) is 4.46. The van der Waals surface area contributed by atoms with Crippen molar-refractivity contribution in [3.8, 4) is 17.6 Å². The molecule has 108 valence electrons. The predicted molar refractivity (Wildman–Crippen MR) is 79.5 cm³/mol. The molecule has 0 heterocycles. The number of rotatable bonds is 3. The summed E-state index contributed by atoms with van der Waals surface area (Å²) in [5.74, 6) is 5.37. The number of ether oxygens (including phenoxy) is 1. The summed E-state index contributed by atoms with van der Waals surface area (Å²) in [4.78, 5) is 0. The van der Waals surface area contributed by atoms with Crippen LogP contribution in [0.5, 0.6) is 5.75 Å². The van der Waals surface area contributed by atoms with Crippen LogP contribution in [0, 0.1) is 30.4 Å². The summed E-state index contributed by atoms with van der Waals surface area (Å²) in [5, 5.41) is 0. The number of halogens is 3. The molecule has 0 aliphatic rings. The smallest absolute Gasteiger partial charge is 0.135 e. The molecule has 0 bridgehead atoms. The molecule has 0 aromatic heterocycles. The fraction of sp³-hybridized carbons (Fsp3) is 0.176. The van der Waals surface area contributed by atoms with Crippen LogP contribution in [0.25, 0.3) is 0 Å². The second-order valence-corrected chi connectivity index (χ2v) is 4.73. The summed E-state index contributed by atoms with van der Waals surface area (Å²) in [6, 6.07) is 8.75. The molecule has 21 heavy (non-hydrogen) atoms. The Labute approximate surface area is 127 Å². The van der Waals surface area contributed by atoms with Gasteiger partial charge in [-0.1, -0.05) is 17.9 Å². The highest BCUT2D eigenvalue weighted by Crippen LogP contribution is 2.21. The van der Waals surface area contributed by atoms with Crippen LogP contribution >= 0.6 is 11.6 Å². The van der Waals surface area contributed by atoms with Gasteiger partial charge in [0.25, 0.3) is 0 Å². The van der Waals surface area contributed by atoms with E-state index in [2.05, 4.69) is 11.8 Å². The Hall–Kier alpha value is -2.05. The van der Waals surface area contributed by atoms with E-state index in [4.69, 9.17) is 16.3 Å². The van der Waals surface area contributed by atoms with E-state index in [0.717, 1.165) is 23.8 Å². The van der Waals surface area contributed by atoms with Gasteiger partial charge in [0.15, 0.2) is 0 Å². The van der Waals surface area contributed by atoms with E-state index < -0.39 is 11.6 Å². The quantitative estimate of drug-likeness (QED) is 0.601. The van der Waals surface area contributed by atoms with Crippen LogP contribution < -0.4 is 4.74 Å². The normalized spacial score (nSPS) is 9.90. The molecule has 0 radical (unpaired) electrons. The molecule has 0 aliphatic heterocycles. The first-order valence-corrected chi connectivity index (χ1v) is 6.86. The number of aryl methyl sites for hydroxylation is 1. The van der Waals surface area contributed by atoms with E-state index in [1.165, 1.54) is 0 Å². The van der Waals surface area contributed by atoms with Gasteiger partial charge < -0.3 is 4.74 Å². The Morgan fingerprint density at radius 3 is 2.71 bits per heavy atom. The van der Waals surface area contributed by atoms with E-state index in [1.807, 2.05) is 19.1 Å². The summed E-state index contributed by atoms with van der Waals surface area (Å²) >= 11 is 5.55. The molecule has 0 fully saturated rings. The molecule has 2 rings (SSSR count). The third-order valence-electron chi connectivity index (χ3n) is 2.82. The molecule has 2 aromatic rings. The van der Waals surface area contributed by atoms with Crippen molar-refractivity contribution in [3.05, 3.63) is 64.7 Å². The van der Waals surface area contributed by atoms with E-state index in [0.29, 0.717) is 11.3 Å². The zero-order valence-corrected chi connectivity index (χ0v) is 12.2. The Morgan fingerprint density at radius 2 is 1.95 bits per heavy atom. The van der Waals surface area contributed by atoms with Crippen LogP contribution in [0.4, 0.5) is 8.78 Å². The third kappa shape index (κ3) is 4.21. The first-order valence-electron chi connectivity index (χ1n) is 6.32. The molecular weight excluding hydrogens is 294 g/mol. The van der Waals surface area contributed by atoms with E-state index in [-0.39, 0.29) is 18.1 Å². The Bertz CT molecular complexity index is 702. The molecule has 0 saturated heterocycles. The first kappa shape index (κ1) is 15.3. The zero-order valence-electron chi connectivity index (χ0n) is 11.4. The van der Waals surface area contributed by atoms with Gasteiger partial charge in [0.1, 0.15) is 24.0 Å². The van der Waals surface area contributed by atoms with Crippen molar-refractivity contribution in [2.75, 3.05) is 5.88 Å². The Morgan fingerprint density at radius 1 is 1.14 bits per heavy atom. The van der Waals surface area contributed by atoms with Gasteiger partial charge in [-0.2, -0.15) is 0 Å². The SMILES string of the molecule is Cc1ccc(OCc2cc(F)ccc2F)c(C#CCCl)c1. The van der Waals surface area contributed by atoms with Crippen molar-refractivity contribution < 1.29 is 13.5 Å². The van der Waals surface area contributed by atoms with Gasteiger partial charge >= 0.3 is 0 Å². The molecule has 0 atom stereocenters. The minimum absolute atomic E-state index is 0.0673. The maximum Gasteiger partial charge on any atom is 0.135 e. The number of hydrogen-bond donors (Lipinski definition) is 0. The first-order chi connectivity index (χ1) is 10.1. The number of benzene rings is 2. The number of alkyl halides is 1. The summed E-state index contributed by atoms with van der Waals surface area (Å²) < 4.78 is 32.2. The Kier molecular flexibility index (Phi) is 5.19. The second kappa shape index (κ2) is 7.10. The van der Waals surface area contributed by atoms with Gasteiger partial charge in [0, 0.05) is 5.56 Å². The highest BCUT2D eigenvalue weighted by molar-refractivity contribution is 6.19. The van der Waals surface area contributed by atoms with Gasteiger partial charge in [-0.15, -0.1) is 11.6 Å². The Balaban J connectivity index is 2.21. The lowest BCUT2D eigenvalue weighted by Crippen LogP contribution is -2.01. The molecule has 4 heteroatoms. The maximum atomic E-state index is 13.5. The molecule has 1 nitrogen and oxygen atoms in total. The van der Waals surface area contributed by atoms with Crippen molar-refractivity contribution in [1.29, 1.82) is 0 Å². The van der Waals surface area contributed by atoms with E-state index in [1.54, 1.807) is 6.07 Å². The topological polar surface area (TPSA) is 9.23 Å². The van der Waals surface area contributed by atoms with Crippen LogP contribution in [-0.4, -0.2) is 5.88 Å². The minimum atomic E-state index is -0.503. The molecule has 0 saturated carbocycles. The summed E-state index contributed by atoms with van der Waals surface area (Å²) in [6.07, 6.45) is 0. The standard InChI is InChI=1S/C17H13ClF2O/c1-12-4-7-17(13(9-12)3-2-8-18)21-11-14-10-15(19)5-6-16(14)20/h4-7,9-10H,8,11H2,1H3. The van der Waals surface area contributed by atoms with E-state index in [9.17, 15) is 8.78 Å². The largest absolute Gasteiger partial charge is 0.487 e. The summed E-state index contributed by atoms with van der Waals surface area (Å²) in [6.45, 7) is 1.87. The van der Waals surface area contributed by atoms with Gasteiger partial charge in [-0.05, 0) is 42.8 Å². The summed E-state index contributed by atoms with van der Waals surface area (Å²) in [5.41, 5.74) is 1.86. The van der Waals surface area contributed by atoms with Crippen molar-refractivity contribution in [3.63, 3.8) is 0 Å². The van der Waals surface area contributed by atoms with Crippen molar-refractivity contribution in [2.45, 2.75) is 13.5 Å². The molecule has 0 aliphatic carbocycles. The average molecular weight is 307 g/mol. The van der Waals surface area contributed by atoms with Crippen LogP contribution in [0.3, 0.4) is 0 Å². The zero-order chi connectivity index (χ0) is 15.2. The molecular formula is C17H13ClF2O. The fourth-order valence-corrected chi connectivity index (χ4v) is 1.87. The number of hydrogen-bond acceptors (Lipinski definition) is 1. The summed E-state index contributed by atoms with van der Waals surface area (Å²) in [7, 11) is 0. The minimum Gasteiger partial charge on any atom is -0.487 e. The van der Waals surface area contributed by atoms with E-state index >= 15 is 0 Å². The molecule has 0 spiro atoms. The lowest BCUT2D eigenvalue weighted by Gasteiger charge is -2.10. The van der Waals surface area contributed by atoms with Gasteiger partial charge in [-0.3, -0.25) is 0 Å². The van der Waals surface area contributed by atoms with Crippen molar-refractivity contribution in [2.24, 2.45) is 0 Å². The van der Waals surface area contributed by atoms with Crippen LogP contribution in [0.2, 0.25) is 0 Å². The monoisotopic (exact) mass is 306 g/mol. The lowest BCUT2D eigenvalue weighted by atomic mass is 10.1. The molecule has 0 amide bonds.